The van der Waals surface area contributed by atoms with Gasteiger partial charge in [0.2, 0.25) is 5.95 Å². The van der Waals surface area contributed by atoms with Gasteiger partial charge in [-0.25, -0.2) is 4.98 Å². The van der Waals surface area contributed by atoms with Crippen molar-refractivity contribution in [2.24, 2.45) is 0 Å². The molecular weight excluding hydrogens is 280 g/mol. The summed E-state index contributed by atoms with van der Waals surface area (Å²) in [4.78, 5) is 8.15. The first-order valence-electron chi connectivity index (χ1n) is 6.21. The van der Waals surface area contributed by atoms with E-state index in [9.17, 15) is 0 Å². The molecule has 0 amide bonds. The van der Waals surface area contributed by atoms with E-state index >= 15 is 0 Å². The molecule has 0 fully saturated rings. The van der Waals surface area contributed by atoms with E-state index in [-0.39, 0.29) is 0 Å². The molecule has 0 bridgehead atoms. The molecule has 0 aliphatic heterocycles. The van der Waals surface area contributed by atoms with Crippen molar-refractivity contribution in [1.82, 2.24) is 9.97 Å². The van der Waals surface area contributed by atoms with Gasteiger partial charge in [-0.05, 0) is 28.8 Å². The molecule has 0 aliphatic rings. The lowest BCUT2D eigenvalue weighted by molar-refractivity contribution is 0.562. The summed E-state index contributed by atoms with van der Waals surface area (Å²) >= 11 is 3.44. The highest BCUT2D eigenvalue weighted by Crippen LogP contribution is 2.22. The number of nitrogens with zero attached hydrogens (tertiary/aromatic N) is 2. The minimum atomic E-state index is 0.307. The summed E-state index contributed by atoms with van der Waals surface area (Å²) in [5, 5.41) is 3.45. The Morgan fingerprint density at radius 1 is 1.35 bits per heavy atom. The molecule has 1 aromatic heterocycles. The molecule has 4 nitrogen and oxygen atoms in total. The SMILES string of the molecule is CCCCC(CCC)Nc1nc(N)ncc1Br. The molecule has 17 heavy (non-hydrogen) atoms. The first kappa shape index (κ1) is 14.2. The summed E-state index contributed by atoms with van der Waals surface area (Å²) in [6.45, 7) is 4.41. The number of nitrogen functional groups attached to an aromatic ring is 1. The minimum Gasteiger partial charge on any atom is -0.368 e. The first-order chi connectivity index (χ1) is 8.17. The van der Waals surface area contributed by atoms with Gasteiger partial charge in [0.1, 0.15) is 5.82 Å². The molecule has 1 rings (SSSR count). The van der Waals surface area contributed by atoms with Crippen LogP contribution in [0, 0.1) is 0 Å². The predicted molar refractivity (Wildman–Crippen MR) is 76.0 cm³/mol. The van der Waals surface area contributed by atoms with Crippen LogP contribution in [-0.4, -0.2) is 16.0 Å². The second-order valence-electron chi connectivity index (χ2n) is 4.20. The third-order valence-corrected chi connectivity index (χ3v) is 3.23. The van der Waals surface area contributed by atoms with Gasteiger partial charge in [-0.1, -0.05) is 33.1 Å². The molecule has 96 valence electrons. The Labute approximate surface area is 112 Å². The highest BCUT2D eigenvalue weighted by molar-refractivity contribution is 9.10. The highest BCUT2D eigenvalue weighted by Gasteiger charge is 2.10. The van der Waals surface area contributed by atoms with Gasteiger partial charge in [0.25, 0.3) is 0 Å². The quantitative estimate of drug-likeness (QED) is 0.808. The third kappa shape index (κ3) is 4.89. The Kier molecular flexibility index (Phi) is 6.26. The zero-order valence-electron chi connectivity index (χ0n) is 10.5. The molecule has 0 spiro atoms. The Morgan fingerprint density at radius 2 is 2.12 bits per heavy atom. The number of rotatable bonds is 7. The smallest absolute Gasteiger partial charge is 0.221 e. The third-order valence-electron chi connectivity index (χ3n) is 2.65. The van der Waals surface area contributed by atoms with E-state index in [4.69, 9.17) is 5.73 Å². The molecule has 1 atom stereocenters. The lowest BCUT2D eigenvalue weighted by Crippen LogP contribution is -2.20. The first-order valence-corrected chi connectivity index (χ1v) is 7.01. The lowest BCUT2D eigenvalue weighted by Gasteiger charge is -2.19. The maximum Gasteiger partial charge on any atom is 0.221 e. The number of aromatic nitrogens is 2. The van der Waals surface area contributed by atoms with Crippen molar-refractivity contribution in [2.75, 3.05) is 11.1 Å². The van der Waals surface area contributed by atoms with Crippen LogP contribution in [0.4, 0.5) is 11.8 Å². The highest BCUT2D eigenvalue weighted by atomic mass is 79.9. The fourth-order valence-corrected chi connectivity index (χ4v) is 2.07. The van der Waals surface area contributed by atoms with Crippen LogP contribution in [0.25, 0.3) is 0 Å². The van der Waals surface area contributed by atoms with E-state index < -0.39 is 0 Å². The van der Waals surface area contributed by atoms with Gasteiger partial charge < -0.3 is 11.1 Å². The Hall–Kier alpha value is -0.840. The van der Waals surface area contributed by atoms with Crippen molar-refractivity contribution in [3.8, 4) is 0 Å². The number of anilines is 2. The molecule has 0 saturated heterocycles. The van der Waals surface area contributed by atoms with Crippen molar-refractivity contribution in [3.63, 3.8) is 0 Å². The molecule has 5 heteroatoms. The van der Waals surface area contributed by atoms with Gasteiger partial charge in [0, 0.05) is 12.2 Å². The average molecular weight is 301 g/mol. The number of halogens is 1. The summed E-state index contributed by atoms with van der Waals surface area (Å²) in [5.74, 6) is 1.11. The monoisotopic (exact) mass is 300 g/mol. The van der Waals surface area contributed by atoms with Crippen molar-refractivity contribution in [3.05, 3.63) is 10.7 Å². The second kappa shape index (κ2) is 7.48. The summed E-state index contributed by atoms with van der Waals surface area (Å²) in [6, 6.07) is 0.463. The molecule has 0 aromatic carbocycles. The number of hydrogen-bond acceptors (Lipinski definition) is 4. The van der Waals surface area contributed by atoms with Crippen LogP contribution in [-0.2, 0) is 0 Å². The Bertz CT molecular complexity index is 343. The van der Waals surface area contributed by atoms with Crippen LogP contribution in [0.3, 0.4) is 0 Å². The zero-order chi connectivity index (χ0) is 12.7. The van der Waals surface area contributed by atoms with Crippen LogP contribution in [0.2, 0.25) is 0 Å². The molecule has 0 aliphatic carbocycles. The van der Waals surface area contributed by atoms with E-state index in [0.717, 1.165) is 16.7 Å². The van der Waals surface area contributed by atoms with E-state index in [0.29, 0.717) is 12.0 Å². The number of unbranched alkanes of at least 4 members (excludes halogenated alkanes) is 1. The van der Waals surface area contributed by atoms with E-state index in [1.165, 1.54) is 25.7 Å². The molecule has 1 heterocycles. The van der Waals surface area contributed by atoms with Crippen molar-refractivity contribution < 1.29 is 0 Å². The standard InChI is InChI=1S/C12H21BrN4/c1-3-5-7-9(6-4-2)16-11-10(13)8-15-12(14)17-11/h8-9H,3-7H2,1-2H3,(H3,14,15,16,17). The van der Waals surface area contributed by atoms with Gasteiger partial charge >= 0.3 is 0 Å². The largest absolute Gasteiger partial charge is 0.368 e. The second-order valence-corrected chi connectivity index (χ2v) is 5.05. The molecule has 0 radical (unpaired) electrons. The Morgan fingerprint density at radius 3 is 2.76 bits per heavy atom. The van der Waals surface area contributed by atoms with E-state index in [2.05, 4.69) is 45.1 Å². The topological polar surface area (TPSA) is 63.8 Å². The van der Waals surface area contributed by atoms with Gasteiger partial charge in [-0.15, -0.1) is 0 Å². The molecule has 0 saturated carbocycles. The lowest BCUT2D eigenvalue weighted by atomic mass is 10.1. The molecule has 3 N–H and O–H groups in total. The van der Waals surface area contributed by atoms with Crippen LogP contribution in [0.1, 0.15) is 46.0 Å². The summed E-state index contributed by atoms with van der Waals surface area (Å²) in [6.07, 6.45) is 7.62. The maximum absolute atomic E-state index is 5.59. The normalized spacial score (nSPS) is 12.4. The Balaban J connectivity index is 2.67. The predicted octanol–water partition coefficient (Wildman–Crippen LogP) is 3.59. The van der Waals surface area contributed by atoms with Crippen LogP contribution in [0.15, 0.2) is 10.7 Å². The van der Waals surface area contributed by atoms with Crippen LogP contribution >= 0.6 is 15.9 Å². The van der Waals surface area contributed by atoms with Gasteiger partial charge in [0.15, 0.2) is 0 Å². The molecule has 1 aromatic rings. The number of nitrogens with one attached hydrogen (secondary N) is 1. The average Bonchev–Trinajstić information content (AvgIpc) is 2.31. The molecular formula is C12H21BrN4. The van der Waals surface area contributed by atoms with E-state index in [1.54, 1.807) is 6.20 Å². The van der Waals surface area contributed by atoms with Gasteiger partial charge in [0.05, 0.1) is 4.47 Å². The van der Waals surface area contributed by atoms with Gasteiger partial charge in [-0.2, -0.15) is 4.98 Å². The minimum absolute atomic E-state index is 0.307. The summed E-state index contributed by atoms with van der Waals surface area (Å²) < 4.78 is 0.865. The summed E-state index contributed by atoms with van der Waals surface area (Å²) in [7, 11) is 0. The van der Waals surface area contributed by atoms with Crippen LogP contribution in [0.5, 0.6) is 0 Å². The zero-order valence-corrected chi connectivity index (χ0v) is 12.1. The summed E-state index contributed by atoms with van der Waals surface area (Å²) in [5.41, 5.74) is 5.59. The van der Waals surface area contributed by atoms with Crippen LogP contribution < -0.4 is 11.1 Å². The fourth-order valence-electron chi connectivity index (χ4n) is 1.76. The van der Waals surface area contributed by atoms with Crippen molar-refractivity contribution >= 4 is 27.7 Å². The maximum atomic E-state index is 5.59. The molecule has 1 unspecified atom stereocenters. The number of hydrogen-bond donors (Lipinski definition) is 2. The number of nitrogens with two attached hydrogens (primary N) is 1. The van der Waals surface area contributed by atoms with Gasteiger partial charge in [-0.3, -0.25) is 0 Å². The fraction of sp³-hybridized carbons (Fsp3) is 0.667. The van der Waals surface area contributed by atoms with Crippen molar-refractivity contribution in [2.45, 2.75) is 52.0 Å². The van der Waals surface area contributed by atoms with Crippen molar-refractivity contribution in [1.29, 1.82) is 0 Å². The van der Waals surface area contributed by atoms with E-state index in [1.807, 2.05) is 0 Å².